The van der Waals surface area contributed by atoms with Gasteiger partial charge in [-0.15, -0.1) is 0 Å². The van der Waals surface area contributed by atoms with E-state index in [0.717, 1.165) is 17.2 Å². The van der Waals surface area contributed by atoms with E-state index in [4.69, 9.17) is 0 Å². The van der Waals surface area contributed by atoms with Crippen molar-refractivity contribution in [2.75, 3.05) is 5.33 Å². The Balaban J connectivity index is 2.41. The second-order valence-corrected chi connectivity index (χ2v) is 4.48. The molecule has 1 heterocycles. The third kappa shape index (κ3) is 2.26. The molecule has 0 aliphatic heterocycles. The van der Waals surface area contributed by atoms with Crippen LogP contribution in [0.4, 0.5) is 0 Å². The SMILES string of the molecule is O=Cc1c[nH]c2cc(C(O)C(O)CBr)ccc12. The van der Waals surface area contributed by atoms with Crippen molar-refractivity contribution in [1.29, 1.82) is 0 Å². The van der Waals surface area contributed by atoms with Gasteiger partial charge in [0.1, 0.15) is 6.10 Å². The number of carbonyl (C=O) groups is 1. The van der Waals surface area contributed by atoms with E-state index in [1.165, 1.54) is 0 Å². The van der Waals surface area contributed by atoms with Crippen LogP contribution in [0, 0.1) is 0 Å². The molecule has 17 heavy (non-hydrogen) atoms. The second kappa shape index (κ2) is 5.00. The van der Waals surface area contributed by atoms with Gasteiger partial charge in [0.2, 0.25) is 0 Å². The fourth-order valence-electron chi connectivity index (χ4n) is 1.75. The molecule has 2 rings (SSSR count). The molecule has 0 saturated heterocycles. The predicted molar refractivity (Wildman–Crippen MR) is 68.4 cm³/mol. The molecule has 0 aliphatic rings. The number of alkyl halides is 1. The van der Waals surface area contributed by atoms with Crippen LogP contribution >= 0.6 is 15.9 Å². The number of aliphatic hydroxyl groups excluding tert-OH is 2. The highest BCUT2D eigenvalue weighted by molar-refractivity contribution is 9.09. The summed E-state index contributed by atoms with van der Waals surface area (Å²) in [4.78, 5) is 13.7. The minimum absolute atomic E-state index is 0.302. The van der Waals surface area contributed by atoms with E-state index in [2.05, 4.69) is 20.9 Å². The van der Waals surface area contributed by atoms with Gasteiger partial charge >= 0.3 is 0 Å². The van der Waals surface area contributed by atoms with Gasteiger partial charge in [0.25, 0.3) is 0 Å². The largest absolute Gasteiger partial charge is 0.389 e. The van der Waals surface area contributed by atoms with Crippen LogP contribution in [-0.4, -0.2) is 32.9 Å². The number of aliphatic hydroxyl groups is 2. The van der Waals surface area contributed by atoms with Crippen LogP contribution in [0.3, 0.4) is 0 Å². The lowest BCUT2D eigenvalue weighted by Crippen LogP contribution is -2.19. The van der Waals surface area contributed by atoms with Gasteiger partial charge in [0.15, 0.2) is 6.29 Å². The number of fused-ring (bicyclic) bond motifs is 1. The molecule has 4 nitrogen and oxygen atoms in total. The van der Waals surface area contributed by atoms with E-state index in [1.54, 1.807) is 24.4 Å². The molecule has 1 aromatic carbocycles. The van der Waals surface area contributed by atoms with Crippen molar-refractivity contribution >= 4 is 33.1 Å². The van der Waals surface area contributed by atoms with Gasteiger partial charge in [-0.25, -0.2) is 0 Å². The number of aromatic nitrogens is 1. The topological polar surface area (TPSA) is 73.3 Å². The Hall–Kier alpha value is -1.17. The maximum Gasteiger partial charge on any atom is 0.152 e. The normalized spacial score (nSPS) is 14.8. The lowest BCUT2D eigenvalue weighted by atomic mass is 10.0. The van der Waals surface area contributed by atoms with E-state index in [1.807, 2.05) is 0 Å². The fraction of sp³-hybridized carbons (Fsp3) is 0.250. The number of carbonyl (C=O) groups excluding carboxylic acids is 1. The van der Waals surface area contributed by atoms with E-state index < -0.39 is 12.2 Å². The molecule has 0 aliphatic carbocycles. The first-order valence-electron chi connectivity index (χ1n) is 5.15. The zero-order valence-electron chi connectivity index (χ0n) is 8.93. The van der Waals surface area contributed by atoms with Crippen LogP contribution in [-0.2, 0) is 0 Å². The second-order valence-electron chi connectivity index (χ2n) is 3.83. The average Bonchev–Trinajstić information content (AvgIpc) is 2.78. The first-order chi connectivity index (χ1) is 8.17. The fourth-order valence-corrected chi connectivity index (χ4v) is 2.11. The molecule has 0 spiro atoms. The van der Waals surface area contributed by atoms with Crippen molar-refractivity contribution in [2.24, 2.45) is 0 Å². The highest BCUT2D eigenvalue weighted by Gasteiger charge is 2.17. The number of hydrogen-bond donors (Lipinski definition) is 3. The molecule has 2 atom stereocenters. The molecule has 1 aromatic heterocycles. The van der Waals surface area contributed by atoms with Crippen LogP contribution < -0.4 is 0 Å². The number of benzene rings is 1. The molecule has 90 valence electrons. The first-order valence-corrected chi connectivity index (χ1v) is 6.28. The van der Waals surface area contributed by atoms with Crippen LogP contribution in [0.1, 0.15) is 22.0 Å². The summed E-state index contributed by atoms with van der Waals surface area (Å²) in [7, 11) is 0. The summed E-state index contributed by atoms with van der Waals surface area (Å²) in [6, 6.07) is 5.20. The Morgan fingerprint density at radius 1 is 1.41 bits per heavy atom. The number of nitrogens with one attached hydrogen (secondary N) is 1. The van der Waals surface area contributed by atoms with Gasteiger partial charge in [-0.2, -0.15) is 0 Å². The van der Waals surface area contributed by atoms with E-state index in [0.29, 0.717) is 16.5 Å². The standard InChI is InChI=1S/C12H12BrNO3/c13-4-11(16)12(17)7-1-2-9-8(6-15)5-14-10(9)3-7/h1-3,5-6,11-12,14,16-17H,4H2. The van der Waals surface area contributed by atoms with Gasteiger partial charge in [0, 0.05) is 28.0 Å². The van der Waals surface area contributed by atoms with Gasteiger partial charge in [-0.3, -0.25) is 4.79 Å². The molecule has 0 amide bonds. The van der Waals surface area contributed by atoms with Gasteiger partial charge < -0.3 is 15.2 Å². The highest BCUT2D eigenvalue weighted by atomic mass is 79.9. The van der Waals surface area contributed by atoms with Crippen LogP contribution in [0.5, 0.6) is 0 Å². The smallest absolute Gasteiger partial charge is 0.152 e. The molecular weight excluding hydrogens is 286 g/mol. The molecule has 0 saturated carbocycles. The molecule has 5 heteroatoms. The molecule has 0 bridgehead atoms. The Bertz CT molecular complexity index is 538. The summed E-state index contributed by atoms with van der Waals surface area (Å²) < 4.78 is 0. The monoisotopic (exact) mass is 297 g/mol. The Morgan fingerprint density at radius 3 is 2.82 bits per heavy atom. The van der Waals surface area contributed by atoms with Crippen LogP contribution in [0.25, 0.3) is 10.9 Å². The number of halogens is 1. The van der Waals surface area contributed by atoms with Crippen molar-refractivity contribution < 1.29 is 15.0 Å². The lowest BCUT2D eigenvalue weighted by molar-refractivity contribution is 0.0343. The molecule has 3 N–H and O–H groups in total. The summed E-state index contributed by atoms with van der Waals surface area (Å²) in [5.74, 6) is 0. The molecule has 0 fully saturated rings. The highest BCUT2D eigenvalue weighted by Crippen LogP contribution is 2.24. The molecule has 0 radical (unpaired) electrons. The van der Waals surface area contributed by atoms with Gasteiger partial charge in [-0.1, -0.05) is 28.1 Å². The molecular formula is C12H12BrNO3. The zero-order chi connectivity index (χ0) is 12.4. The average molecular weight is 298 g/mol. The number of hydrogen-bond acceptors (Lipinski definition) is 3. The van der Waals surface area contributed by atoms with E-state index >= 15 is 0 Å². The van der Waals surface area contributed by atoms with Crippen molar-refractivity contribution in [2.45, 2.75) is 12.2 Å². The maximum absolute atomic E-state index is 10.7. The number of aldehydes is 1. The number of aromatic amines is 1. The third-order valence-electron chi connectivity index (χ3n) is 2.73. The Kier molecular flexibility index (Phi) is 3.61. The van der Waals surface area contributed by atoms with Crippen LogP contribution in [0.2, 0.25) is 0 Å². The Morgan fingerprint density at radius 2 is 2.18 bits per heavy atom. The Labute approximate surface area is 106 Å². The van der Waals surface area contributed by atoms with Crippen molar-refractivity contribution in [3.8, 4) is 0 Å². The summed E-state index contributed by atoms with van der Waals surface area (Å²) in [5, 5.41) is 20.5. The summed E-state index contributed by atoms with van der Waals surface area (Å²) in [6.45, 7) is 0. The van der Waals surface area contributed by atoms with Crippen molar-refractivity contribution in [3.63, 3.8) is 0 Å². The lowest BCUT2D eigenvalue weighted by Gasteiger charge is -2.15. The van der Waals surface area contributed by atoms with Gasteiger partial charge in [-0.05, 0) is 11.6 Å². The maximum atomic E-state index is 10.7. The first kappa shape index (κ1) is 12.3. The number of rotatable bonds is 4. The summed E-state index contributed by atoms with van der Waals surface area (Å²) in [5.41, 5.74) is 1.97. The zero-order valence-corrected chi connectivity index (χ0v) is 10.5. The third-order valence-corrected chi connectivity index (χ3v) is 3.39. The molecule has 2 aromatic rings. The van der Waals surface area contributed by atoms with Gasteiger partial charge in [0.05, 0.1) is 6.10 Å². The minimum Gasteiger partial charge on any atom is -0.389 e. The van der Waals surface area contributed by atoms with E-state index in [-0.39, 0.29) is 0 Å². The van der Waals surface area contributed by atoms with Crippen molar-refractivity contribution in [3.05, 3.63) is 35.5 Å². The number of H-pyrrole nitrogens is 1. The minimum atomic E-state index is -0.943. The van der Waals surface area contributed by atoms with E-state index in [9.17, 15) is 15.0 Å². The summed E-state index contributed by atoms with van der Waals surface area (Å²) >= 11 is 3.11. The predicted octanol–water partition coefficient (Wildman–Crippen LogP) is 1.77. The summed E-state index contributed by atoms with van der Waals surface area (Å²) in [6.07, 6.45) is 0.603. The van der Waals surface area contributed by atoms with Crippen molar-refractivity contribution in [1.82, 2.24) is 4.98 Å². The molecule has 2 unspecified atom stereocenters. The van der Waals surface area contributed by atoms with Crippen LogP contribution in [0.15, 0.2) is 24.4 Å². The quantitative estimate of drug-likeness (QED) is 0.595.